The second kappa shape index (κ2) is 5.34. The van der Waals surface area contributed by atoms with Crippen molar-refractivity contribution in [2.75, 3.05) is 38.3 Å². The van der Waals surface area contributed by atoms with Gasteiger partial charge in [0.2, 0.25) is 5.90 Å². The zero-order chi connectivity index (χ0) is 14.0. The van der Waals surface area contributed by atoms with Gasteiger partial charge in [0.1, 0.15) is 11.5 Å². The fourth-order valence-corrected chi connectivity index (χ4v) is 2.58. The molecule has 7 heteroatoms. The zero-order valence-electron chi connectivity index (χ0n) is 11.5. The van der Waals surface area contributed by atoms with Gasteiger partial charge in [-0.15, -0.1) is 0 Å². The van der Waals surface area contributed by atoms with Crippen molar-refractivity contribution in [1.82, 2.24) is 9.97 Å². The fourth-order valence-electron chi connectivity index (χ4n) is 2.58. The third-order valence-corrected chi connectivity index (χ3v) is 3.72. The molecule has 1 aromatic heterocycles. The van der Waals surface area contributed by atoms with Crippen LogP contribution in [0.1, 0.15) is 18.5 Å². The van der Waals surface area contributed by atoms with E-state index in [0.717, 1.165) is 31.7 Å². The average Bonchev–Trinajstić information content (AvgIpc) is 2.95. The van der Waals surface area contributed by atoms with E-state index in [1.165, 1.54) is 13.3 Å². The van der Waals surface area contributed by atoms with Gasteiger partial charge in [0.15, 0.2) is 5.79 Å². The summed E-state index contributed by atoms with van der Waals surface area (Å²) in [6.07, 6.45) is 4.88. The van der Waals surface area contributed by atoms with Crippen LogP contribution < -0.4 is 4.90 Å². The normalized spacial score (nSPS) is 21.1. The van der Waals surface area contributed by atoms with Crippen molar-refractivity contribution in [2.24, 2.45) is 0 Å². The molecule has 3 heterocycles. The first kappa shape index (κ1) is 13.3. The van der Waals surface area contributed by atoms with E-state index in [-0.39, 0.29) is 11.7 Å². The number of ether oxygens (including phenoxy) is 3. The summed E-state index contributed by atoms with van der Waals surface area (Å²) in [6.45, 7) is 2.97. The Balaban J connectivity index is 1.70. The van der Waals surface area contributed by atoms with Gasteiger partial charge in [-0.05, 0) is 0 Å². The maximum absolute atomic E-state index is 7.64. The highest BCUT2D eigenvalue weighted by Gasteiger charge is 2.40. The Morgan fingerprint density at radius 3 is 2.65 bits per heavy atom. The number of anilines is 1. The summed E-state index contributed by atoms with van der Waals surface area (Å²) in [5.74, 6) is 0.397. The Bertz CT molecular complexity index is 492. The van der Waals surface area contributed by atoms with E-state index < -0.39 is 0 Å². The molecule has 2 fully saturated rings. The minimum Gasteiger partial charge on any atom is -0.480 e. The van der Waals surface area contributed by atoms with Crippen molar-refractivity contribution in [3.8, 4) is 0 Å². The molecule has 0 radical (unpaired) electrons. The summed E-state index contributed by atoms with van der Waals surface area (Å²) in [5, 5.41) is 7.64. The second-order valence-corrected chi connectivity index (χ2v) is 4.89. The summed E-state index contributed by atoms with van der Waals surface area (Å²) in [7, 11) is 1.45. The molecule has 2 aliphatic heterocycles. The topological polar surface area (TPSA) is 80.6 Å². The summed E-state index contributed by atoms with van der Waals surface area (Å²) in [6, 6.07) is 0. The maximum Gasteiger partial charge on any atom is 0.233 e. The molecular weight excluding hydrogens is 260 g/mol. The van der Waals surface area contributed by atoms with Crippen LogP contribution in [0.2, 0.25) is 0 Å². The molecule has 0 saturated carbocycles. The number of hydrogen-bond acceptors (Lipinski definition) is 7. The largest absolute Gasteiger partial charge is 0.480 e. The number of nitrogens with one attached hydrogen (secondary N) is 1. The molecule has 7 nitrogen and oxygen atoms in total. The van der Waals surface area contributed by atoms with Crippen molar-refractivity contribution in [3.63, 3.8) is 0 Å². The highest BCUT2D eigenvalue weighted by Crippen LogP contribution is 2.32. The molecule has 3 rings (SSSR count). The minimum atomic E-state index is -0.388. The van der Waals surface area contributed by atoms with E-state index in [0.29, 0.717) is 18.9 Å². The standard InChI is InChI=1S/C13H18N4O3/c1-18-12(14)10-8-15-9-11(16-10)17-4-2-13(3-5-17)19-6-7-20-13/h8-9,14H,2-7H2,1H3. The molecule has 2 saturated heterocycles. The van der Waals surface area contributed by atoms with Crippen molar-refractivity contribution in [2.45, 2.75) is 18.6 Å². The van der Waals surface area contributed by atoms with E-state index in [4.69, 9.17) is 19.6 Å². The van der Waals surface area contributed by atoms with Crippen LogP contribution in [0, 0.1) is 5.41 Å². The Hall–Kier alpha value is -1.73. The second-order valence-electron chi connectivity index (χ2n) is 4.89. The first-order valence-electron chi connectivity index (χ1n) is 6.70. The molecule has 0 atom stereocenters. The number of aromatic nitrogens is 2. The Morgan fingerprint density at radius 1 is 1.30 bits per heavy atom. The highest BCUT2D eigenvalue weighted by atomic mass is 16.7. The molecule has 1 aromatic rings. The van der Waals surface area contributed by atoms with Crippen molar-refractivity contribution >= 4 is 11.7 Å². The van der Waals surface area contributed by atoms with Gasteiger partial charge in [0.05, 0.1) is 32.7 Å². The van der Waals surface area contributed by atoms with Gasteiger partial charge in [-0.2, -0.15) is 0 Å². The molecular formula is C13H18N4O3. The number of piperidine rings is 1. The van der Waals surface area contributed by atoms with Gasteiger partial charge in [-0.3, -0.25) is 10.4 Å². The van der Waals surface area contributed by atoms with Gasteiger partial charge < -0.3 is 19.1 Å². The third-order valence-electron chi connectivity index (χ3n) is 3.72. The van der Waals surface area contributed by atoms with E-state index in [9.17, 15) is 0 Å². The first-order valence-corrected chi connectivity index (χ1v) is 6.70. The average molecular weight is 278 g/mol. The van der Waals surface area contributed by atoms with Crippen molar-refractivity contribution in [3.05, 3.63) is 18.1 Å². The van der Waals surface area contributed by atoms with Crippen molar-refractivity contribution < 1.29 is 14.2 Å². The van der Waals surface area contributed by atoms with Crippen LogP contribution in [0.4, 0.5) is 5.82 Å². The molecule has 0 aliphatic carbocycles. The summed E-state index contributed by atoms with van der Waals surface area (Å²) in [4.78, 5) is 10.7. The maximum atomic E-state index is 7.64. The number of nitrogens with zero attached hydrogens (tertiary/aromatic N) is 3. The van der Waals surface area contributed by atoms with E-state index in [1.54, 1.807) is 6.20 Å². The highest BCUT2D eigenvalue weighted by molar-refractivity contribution is 5.89. The molecule has 0 aromatic carbocycles. The van der Waals surface area contributed by atoms with Crippen LogP contribution in [0.5, 0.6) is 0 Å². The van der Waals surface area contributed by atoms with E-state index in [1.807, 2.05) is 0 Å². The molecule has 20 heavy (non-hydrogen) atoms. The van der Waals surface area contributed by atoms with Gasteiger partial charge >= 0.3 is 0 Å². The number of hydrogen-bond donors (Lipinski definition) is 1. The zero-order valence-corrected chi connectivity index (χ0v) is 11.5. The molecule has 0 unspecified atom stereocenters. The van der Waals surface area contributed by atoms with Gasteiger partial charge in [0.25, 0.3) is 0 Å². The van der Waals surface area contributed by atoms with Crippen LogP contribution in [-0.4, -0.2) is 55.1 Å². The van der Waals surface area contributed by atoms with Crippen LogP contribution in [-0.2, 0) is 14.2 Å². The monoisotopic (exact) mass is 278 g/mol. The summed E-state index contributed by atoms with van der Waals surface area (Å²) >= 11 is 0. The van der Waals surface area contributed by atoms with Gasteiger partial charge in [0, 0.05) is 25.9 Å². The van der Waals surface area contributed by atoms with Crippen LogP contribution in [0.15, 0.2) is 12.4 Å². The molecule has 0 amide bonds. The minimum absolute atomic E-state index is 0.0234. The van der Waals surface area contributed by atoms with Crippen LogP contribution >= 0.6 is 0 Å². The fraction of sp³-hybridized carbons (Fsp3) is 0.615. The Labute approximate surface area is 117 Å². The summed E-state index contributed by atoms with van der Waals surface area (Å²) < 4.78 is 16.3. The quantitative estimate of drug-likeness (QED) is 0.636. The van der Waals surface area contributed by atoms with Crippen LogP contribution in [0.3, 0.4) is 0 Å². The lowest BCUT2D eigenvalue weighted by atomic mass is 10.0. The molecule has 2 aliphatic rings. The molecule has 108 valence electrons. The van der Waals surface area contributed by atoms with Gasteiger partial charge in [-0.25, -0.2) is 4.98 Å². The third kappa shape index (κ3) is 2.46. The molecule has 1 spiro atoms. The first-order chi connectivity index (χ1) is 9.72. The summed E-state index contributed by atoms with van der Waals surface area (Å²) in [5.41, 5.74) is 0.443. The Kier molecular flexibility index (Phi) is 3.54. The van der Waals surface area contributed by atoms with Crippen molar-refractivity contribution in [1.29, 1.82) is 5.41 Å². The molecule has 0 bridgehead atoms. The predicted molar refractivity (Wildman–Crippen MR) is 72.0 cm³/mol. The van der Waals surface area contributed by atoms with Crippen LogP contribution in [0.25, 0.3) is 0 Å². The lowest BCUT2D eigenvalue weighted by Gasteiger charge is -2.38. The lowest BCUT2D eigenvalue weighted by molar-refractivity contribution is -0.169. The lowest BCUT2D eigenvalue weighted by Crippen LogP contribution is -2.45. The van der Waals surface area contributed by atoms with E-state index in [2.05, 4.69) is 14.9 Å². The smallest absolute Gasteiger partial charge is 0.233 e. The predicted octanol–water partition coefficient (Wildman–Crippen LogP) is 0.792. The number of methoxy groups -OCH3 is 1. The van der Waals surface area contributed by atoms with Gasteiger partial charge in [-0.1, -0.05) is 0 Å². The SMILES string of the molecule is COC(=N)c1cncc(N2CCC3(CC2)OCCO3)n1. The van der Waals surface area contributed by atoms with E-state index >= 15 is 0 Å². The number of rotatable bonds is 2. The Morgan fingerprint density at radius 2 is 2.00 bits per heavy atom. The molecule has 1 N–H and O–H groups in total.